The average molecular weight is 368 g/mol. The Bertz CT molecular complexity index is 831. The molecule has 0 atom stereocenters. The van der Waals surface area contributed by atoms with Crippen LogP contribution in [-0.2, 0) is 4.79 Å². The number of hydrogen-bond acceptors (Lipinski definition) is 4. The van der Waals surface area contributed by atoms with Crippen molar-refractivity contribution in [3.8, 4) is 11.5 Å². The van der Waals surface area contributed by atoms with Crippen molar-refractivity contribution in [2.24, 2.45) is 0 Å². The largest absolute Gasteiger partial charge is 0.493 e. The molecule has 2 rings (SSSR count). The molecule has 0 bridgehead atoms. The summed E-state index contributed by atoms with van der Waals surface area (Å²) in [5.74, 6) is 0.654. The van der Waals surface area contributed by atoms with Gasteiger partial charge >= 0.3 is 0 Å². The van der Waals surface area contributed by atoms with Crippen LogP contribution in [0.15, 0.2) is 48.5 Å². The van der Waals surface area contributed by atoms with Crippen molar-refractivity contribution < 1.29 is 19.1 Å². The van der Waals surface area contributed by atoms with Gasteiger partial charge in [0.1, 0.15) is 0 Å². The second-order valence-electron chi connectivity index (χ2n) is 5.74. The van der Waals surface area contributed by atoms with Gasteiger partial charge in [-0.25, -0.2) is 0 Å². The van der Waals surface area contributed by atoms with E-state index >= 15 is 0 Å². The second kappa shape index (κ2) is 10.0. The number of carbonyl (C=O) groups is 2. The Hall–Kier alpha value is -3.28. The second-order valence-corrected chi connectivity index (χ2v) is 5.74. The van der Waals surface area contributed by atoms with E-state index in [2.05, 4.69) is 10.6 Å². The van der Waals surface area contributed by atoms with Gasteiger partial charge in [0, 0.05) is 12.6 Å². The van der Waals surface area contributed by atoms with Gasteiger partial charge in [0.15, 0.2) is 11.5 Å². The predicted octanol–water partition coefficient (Wildman–Crippen LogP) is 3.50. The fourth-order valence-electron chi connectivity index (χ4n) is 2.43. The Kier molecular flexibility index (Phi) is 7.43. The molecule has 0 aromatic heterocycles. The van der Waals surface area contributed by atoms with Crippen LogP contribution in [0, 0.1) is 0 Å². The maximum atomic E-state index is 12.3. The third-order valence-electron chi connectivity index (χ3n) is 3.80. The van der Waals surface area contributed by atoms with Gasteiger partial charge in [-0.05, 0) is 42.3 Å². The Labute approximate surface area is 159 Å². The molecule has 6 nitrogen and oxygen atoms in total. The lowest BCUT2D eigenvalue weighted by Gasteiger charge is -2.10. The minimum Gasteiger partial charge on any atom is -0.493 e. The number of ether oxygens (including phenoxy) is 2. The predicted molar refractivity (Wildman–Crippen MR) is 106 cm³/mol. The normalized spacial score (nSPS) is 10.5. The van der Waals surface area contributed by atoms with E-state index in [9.17, 15) is 9.59 Å². The fourth-order valence-corrected chi connectivity index (χ4v) is 2.43. The molecule has 0 heterocycles. The van der Waals surface area contributed by atoms with Gasteiger partial charge in [-0.3, -0.25) is 9.59 Å². The summed E-state index contributed by atoms with van der Waals surface area (Å²) in [6.07, 6.45) is 3.91. The topological polar surface area (TPSA) is 76.7 Å². The maximum Gasteiger partial charge on any atom is 0.253 e. The molecule has 0 saturated heterocycles. The van der Waals surface area contributed by atoms with Gasteiger partial charge in [0.2, 0.25) is 5.91 Å². The number of rotatable bonds is 8. The van der Waals surface area contributed by atoms with Crippen LogP contribution in [0.1, 0.15) is 29.3 Å². The molecule has 142 valence electrons. The van der Waals surface area contributed by atoms with Crippen molar-refractivity contribution >= 4 is 23.6 Å². The average Bonchev–Trinajstić information content (AvgIpc) is 2.70. The van der Waals surface area contributed by atoms with E-state index in [0.29, 0.717) is 29.3 Å². The van der Waals surface area contributed by atoms with E-state index < -0.39 is 0 Å². The van der Waals surface area contributed by atoms with E-state index in [4.69, 9.17) is 9.47 Å². The van der Waals surface area contributed by atoms with Crippen LogP contribution < -0.4 is 20.1 Å². The fraction of sp³-hybridized carbons (Fsp3) is 0.238. The molecular formula is C21H24N2O4. The molecule has 0 fully saturated rings. The molecule has 2 aromatic rings. The molecule has 0 saturated carbocycles. The van der Waals surface area contributed by atoms with Crippen molar-refractivity contribution in [2.75, 3.05) is 26.1 Å². The molecule has 0 radical (unpaired) electrons. The molecule has 6 heteroatoms. The summed E-state index contributed by atoms with van der Waals surface area (Å²) in [6, 6.07) is 12.3. The van der Waals surface area contributed by atoms with Crippen LogP contribution in [0.3, 0.4) is 0 Å². The van der Waals surface area contributed by atoms with E-state index in [-0.39, 0.29) is 11.8 Å². The van der Waals surface area contributed by atoms with Gasteiger partial charge < -0.3 is 20.1 Å². The first-order valence-corrected chi connectivity index (χ1v) is 8.67. The van der Waals surface area contributed by atoms with Crippen molar-refractivity contribution in [3.05, 3.63) is 59.7 Å². The number of carbonyl (C=O) groups excluding carboxylic acids is 2. The molecular weight excluding hydrogens is 344 g/mol. The number of nitrogens with one attached hydrogen (secondary N) is 2. The summed E-state index contributed by atoms with van der Waals surface area (Å²) < 4.78 is 10.4. The summed E-state index contributed by atoms with van der Waals surface area (Å²) in [5.41, 5.74) is 1.68. The van der Waals surface area contributed by atoms with Crippen molar-refractivity contribution in [1.29, 1.82) is 0 Å². The molecule has 2 aromatic carbocycles. The van der Waals surface area contributed by atoms with Gasteiger partial charge in [-0.1, -0.05) is 25.1 Å². The zero-order valence-corrected chi connectivity index (χ0v) is 15.7. The number of amides is 2. The lowest BCUT2D eigenvalue weighted by molar-refractivity contribution is -0.111. The first kappa shape index (κ1) is 20.0. The molecule has 27 heavy (non-hydrogen) atoms. The van der Waals surface area contributed by atoms with Crippen LogP contribution in [-0.4, -0.2) is 32.6 Å². The third kappa shape index (κ3) is 5.60. The molecule has 0 aliphatic heterocycles. The number of benzene rings is 2. The Morgan fingerprint density at radius 1 is 1.04 bits per heavy atom. The highest BCUT2D eigenvalue weighted by Crippen LogP contribution is 2.28. The zero-order chi connectivity index (χ0) is 19.6. The quantitative estimate of drug-likeness (QED) is 0.699. The minimum absolute atomic E-state index is 0.211. The van der Waals surface area contributed by atoms with Crippen LogP contribution in [0.4, 0.5) is 5.69 Å². The first-order valence-electron chi connectivity index (χ1n) is 8.67. The van der Waals surface area contributed by atoms with Gasteiger partial charge in [-0.2, -0.15) is 0 Å². The summed E-state index contributed by atoms with van der Waals surface area (Å²) in [6.45, 7) is 2.56. The van der Waals surface area contributed by atoms with Crippen LogP contribution >= 0.6 is 0 Å². The Morgan fingerprint density at radius 2 is 1.78 bits per heavy atom. The maximum absolute atomic E-state index is 12.3. The van der Waals surface area contributed by atoms with Crippen LogP contribution in [0.2, 0.25) is 0 Å². The minimum atomic E-state index is -0.333. The first-order chi connectivity index (χ1) is 13.1. The number of anilines is 1. The van der Waals surface area contributed by atoms with Gasteiger partial charge in [-0.15, -0.1) is 0 Å². The molecule has 2 amide bonds. The van der Waals surface area contributed by atoms with Gasteiger partial charge in [0.25, 0.3) is 5.91 Å². The zero-order valence-electron chi connectivity index (χ0n) is 15.7. The highest BCUT2D eigenvalue weighted by molar-refractivity contribution is 6.07. The highest BCUT2D eigenvalue weighted by atomic mass is 16.5. The van der Waals surface area contributed by atoms with Crippen molar-refractivity contribution in [1.82, 2.24) is 5.32 Å². The number of para-hydroxylation sites is 1. The van der Waals surface area contributed by atoms with Gasteiger partial charge in [0.05, 0.1) is 25.5 Å². The Morgan fingerprint density at radius 3 is 2.48 bits per heavy atom. The summed E-state index contributed by atoms with van der Waals surface area (Å²) in [4.78, 5) is 24.5. The molecule has 0 aliphatic rings. The number of methoxy groups -OCH3 is 2. The monoisotopic (exact) mass is 368 g/mol. The SMILES string of the molecule is CCCNC(=O)c1ccccc1NC(=O)C=Cc1ccc(OC)c(OC)c1. The highest BCUT2D eigenvalue weighted by Gasteiger charge is 2.11. The number of hydrogen-bond donors (Lipinski definition) is 2. The lowest BCUT2D eigenvalue weighted by Crippen LogP contribution is -2.25. The van der Waals surface area contributed by atoms with Crippen molar-refractivity contribution in [2.45, 2.75) is 13.3 Å². The molecule has 2 N–H and O–H groups in total. The Balaban J connectivity index is 2.10. The van der Waals surface area contributed by atoms with E-state index in [1.807, 2.05) is 13.0 Å². The third-order valence-corrected chi connectivity index (χ3v) is 3.80. The van der Waals surface area contributed by atoms with E-state index in [1.165, 1.54) is 6.08 Å². The molecule has 0 spiro atoms. The molecule has 0 unspecified atom stereocenters. The van der Waals surface area contributed by atoms with E-state index in [1.54, 1.807) is 56.7 Å². The summed E-state index contributed by atoms with van der Waals surface area (Å²) in [7, 11) is 3.12. The van der Waals surface area contributed by atoms with Crippen LogP contribution in [0.5, 0.6) is 11.5 Å². The summed E-state index contributed by atoms with van der Waals surface area (Å²) in [5, 5.41) is 5.56. The van der Waals surface area contributed by atoms with Crippen molar-refractivity contribution in [3.63, 3.8) is 0 Å². The van der Waals surface area contributed by atoms with Crippen LogP contribution in [0.25, 0.3) is 6.08 Å². The smallest absolute Gasteiger partial charge is 0.253 e. The molecule has 0 aliphatic carbocycles. The van der Waals surface area contributed by atoms with E-state index in [0.717, 1.165) is 12.0 Å². The standard InChI is InChI=1S/C21H24N2O4/c1-4-13-22-21(25)16-7-5-6-8-17(16)23-20(24)12-10-15-9-11-18(26-2)19(14-15)27-3/h5-12,14H,4,13H2,1-3H3,(H,22,25)(H,23,24). The summed E-state index contributed by atoms with van der Waals surface area (Å²) >= 11 is 0. The lowest BCUT2D eigenvalue weighted by atomic mass is 10.1.